The summed E-state index contributed by atoms with van der Waals surface area (Å²) in [7, 11) is 0. The molecule has 0 aromatic heterocycles. The monoisotopic (exact) mass is 448 g/mol. The van der Waals surface area contributed by atoms with Gasteiger partial charge in [0, 0.05) is 30.8 Å². The van der Waals surface area contributed by atoms with Crippen LogP contribution in [0.1, 0.15) is 36.8 Å². The Kier molecular flexibility index (Phi) is 4.92. The van der Waals surface area contributed by atoms with E-state index in [0.29, 0.717) is 24.2 Å². The van der Waals surface area contributed by atoms with Crippen LogP contribution in [0.2, 0.25) is 0 Å². The van der Waals surface area contributed by atoms with Gasteiger partial charge in [-0.05, 0) is 49.1 Å². The number of imide groups is 2. The number of fused-ring (bicyclic) bond motifs is 4. The van der Waals surface area contributed by atoms with Gasteiger partial charge in [-0.25, -0.2) is 9.69 Å². The fraction of sp³-hybridized carbons (Fsp3) is 0.375. The average molecular weight is 448 g/mol. The Morgan fingerprint density at radius 2 is 1.91 bits per heavy atom. The number of non-ortho nitro benzene ring substituents is 1. The molecule has 1 N–H and O–H groups in total. The molecular weight excluding hydrogens is 424 g/mol. The molecule has 3 aliphatic rings. The van der Waals surface area contributed by atoms with Gasteiger partial charge in [0.25, 0.3) is 11.6 Å². The molecule has 2 aromatic carbocycles. The summed E-state index contributed by atoms with van der Waals surface area (Å²) < 4.78 is 0. The minimum atomic E-state index is -1.55. The highest BCUT2D eigenvalue weighted by atomic mass is 16.6. The van der Waals surface area contributed by atoms with E-state index in [1.165, 1.54) is 12.1 Å². The van der Waals surface area contributed by atoms with Gasteiger partial charge in [-0.3, -0.25) is 25.0 Å². The first-order valence-electron chi connectivity index (χ1n) is 11.1. The van der Waals surface area contributed by atoms with Crippen LogP contribution in [0.3, 0.4) is 0 Å². The molecule has 0 aliphatic carbocycles. The van der Waals surface area contributed by atoms with Crippen molar-refractivity contribution in [3.63, 3.8) is 0 Å². The third-order valence-electron chi connectivity index (χ3n) is 7.05. The number of carbonyl (C=O) groups excluding carboxylic acids is 3. The SMILES string of the molecule is Cc1cccc(N2C(=O)NC(=O)[C@]3(Cc4cc([N+](=O)[O-])ccc4N4CCCCC[C@H]43)C2=O)c1. The Morgan fingerprint density at radius 1 is 1.09 bits per heavy atom. The molecule has 0 unspecified atom stereocenters. The quantitative estimate of drug-likeness (QED) is 0.428. The number of rotatable bonds is 2. The smallest absolute Gasteiger partial charge is 0.335 e. The molecule has 0 saturated carbocycles. The van der Waals surface area contributed by atoms with Gasteiger partial charge < -0.3 is 4.90 Å². The molecule has 9 heteroatoms. The summed E-state index contributed by atoms with van der Waals surface area (Å²) in [6.07, 6.45) is 3.32. The Bertz CT molecular complexity index is 1200. The van der Waals surface area contributed by atoms with Crippen LogP contribution in [0.4, 0.5) is 21.9 Å². The van der Waals surface area contributed by atoms with Crippen molar-refractivity contribution in [2.75, 3.05) is 16.3 Å². The highest BCUT2D eigenvalue weighted by molar-refractivity contribution is 6.30. The fourth-order valence-electron chi connectivity index (χ4n) is 5.54. The van der Waals surface area contributed by atoms with Crippen LogP contribution >= 0.6 is 0 Å². The number of nitro groups is 1. The molecule has 3 heterocycles. The number of anilines is 2. The van der Waals surface area contributed by atoms with E-state index in [1.54, 1.807) is 24.3 Å². The highest BCUT2D eigenvalue weighted by Crippen LogP contribution is 2.48. The van der Waals surface area contributed by atoms with E-state index < -0.39 is 34.2 Å². The lowest BCUT2D eigenvalue weighted by molar-refractivity contribution is -0.384. The maximum atomic E-state index is 14.1. The number of urea groups is 1. The van der Waals surface area contributed by atoms with Crippen LogP contribution in [0.5, 0.6) is 0 Å². The number of hydrogen-bond donors (Lipinski definition) is 1. The predicted molar refractivity (Wildman–Crippen MR) is 121 cm³/mol. The first-order valence-corrected chi connectivity index (χ1v) is 11.1. The van der Waals surface area contributed by atoms with Gasteiger partial charge in [0.05, 0.1) is 16.7 Å². The largest absolute Gasteiger partial charge is 0.367 e. The van der Waals surface area contributed by atoms with E-state index in [0.717, 1.165) is 35.4 Å². The van der Waals surface area contributed by atoms with Crippen molar-refractivity contribution >= 4 is 34.9 Å². The number of nitrogens with one attached hydrogen (secondary N) is 1. The zero-order valence-corrected chi connectivity index (χ0v) is 18.2. The van der Waals surface area contributed by atoms with Crippen molar-refractivity contribution in [3.8, 4) is 0 Å². The summed E-state index contributed by atoms with van der Waals surface area (Å²) in [5.74, 6) is -1.20. The Morgan fingerprint density at radius 3 is 2.67 bits per heavy atom. The average Bonchev–Trinajstić information content (AvgIpc) is 3.04. The van der Waals surface area contributed by atoms with Crippen LogP contribution in [0.25, 0.3) is 0 Å². The zero-order chi connectivity index (χ0) is 23.3. The first-order chi connectivity index (χ1) is 15.8. The van der Waals surface area contributed by atoms with Crippen LogP contribution in [-0.4, -0.2) is 35.4 Å². The molecule has 170 valence electrons. The van der Waals surface area contributed by atoms with E-state index in [9.17, 15) is 24.5 Å². The summed E-state index contributed by atoms with van der Waals surface area (Å²) in [6, 6.07) is 10.4. The number of aryl methyl sites for hydroxylation is 1. The van der Waals surface area contributed by atoms with Crippen molar-refractivity contribution < 1.29 is 19.3 Å². The molecule has 33 heavy (non-hydrogen) atoms. The zero-order valence-electron chi connectivity index (χ0n) is 18.2. The van der Waals surface area contributed by atoms with E-state index >= 15 is 0 Å². The number of barbiturate groups is 1. The molecule has 9 nitrogen and oxygen atoms in total. The minimum absolute atomic E-state index is 0.00540. The summed E-state index contributed by atoms with van der Waals surface area (Å²) in [5.41, 5.74) is 1.02. The molecule has 3 aliphatic heterocycles. The molecule has 2 saturated heterocycles. The lowest BCUT2D eigenvalue weighted by Gasteiger charge is -2.51. The lowest BCUT2D eigenvalue weighted by atomic mass is 9.67. The van der Waals surface area contributed by atoms with E-state index in [4.69, 9.17) is 0 Å². The van der Waals surface area contributed by atoms with Crippen molar-refractivity contribution in [1.82, 2.24) is 5.32 Å². The maximum Gasteiger partial charge on any atom is 0.335 e. The second-order valence-electron chi connectivity index (χ2n) is 9.02. The van der Waals surface area contributed by atoms with Gasteiger partial charge >= 0.3 is 6.03 Å². The van der Waals surface area contributed by atoms with Crippen LogP contribution in [0, 0.1) is 22.5 Å². The van der Waals surface area contributed by atoms with Gasteiger partial charge in [-0.15, -0.1) is 0 Å². The number of nitro benzene ring substituents is 1. The third kappa shape index (κ3) is 3.18. The van der Waals surface area contributed by atoms with Crippen molar-refractivity contribution in [2.24, 2.45) is 5.41 Å². The predicted octanol–water partition coefficient (Wildman–Crippen LogP) is 3.48. The fourth-order valence-corrected chi connectivity index (χ4v) is 5.54. The highest BCUT2D eigenvalue weighted by Gasteiger charge is 2.62. The summed E-state index contributed by atoms with van der Waals surface area (Å²) in [6.45, 7) is 2.50. The molecule has 0 bridgehead atoms. The maximum absolute atomic E-state index is 14.1. The van der Waals surface area contributed by atoms with Crippen LogP contribution in [-0.2, 0) is 16.0 Å². The lowest BCUT2D eigenvalue weighted by Crippen LogP contribution is -2.72. The number of benzene rings is 2. The third-order valence-corrected chi connectivity index (χ3v) is 7.05. The molecule has 2 fully saturated rings. The number of nitrogens with zero attached hydrogens (tertiary/aromatic N) is 3. The second kappa shape index (κ2) is 7.68. The molecule has 5 rings (SSSR count). The van der Waals surface area contributed by atoms with Gasteiger partial charge in [-0.1, -0.05) is 25.0 Å². The van der Waals surface area contributed by atoms with Gasteiger partial charge in [0.15, 0.2) is 5.41 Å². The van der Waals surface area contributed by atoms with Crippen molar-refractivity contribution in [1.29, 1.82) is 0 Å². The van der Waals surface area contributed by atoms with Crippen molar-refractivity contribution in [2.45, 2.75) is 45.1 Å². The number of amides is 4. The van der Waals surface area contributed by atoms with Gasteiger partial charge in [0.1, 0.15) is 0 Å². The topological polar surface area (TPSA) is 113 Å². The normalized spacial score (nSPS) is 24.8. The molecule has 2 atom stereocenters. The molecule has 1 spiro atoms. The summed E-state index contributed by atoms with van der Waals surface area (Å²) >= 11 is 0. The summed E-state index contributed by atoms with van der Waals surface area (Å²) in [4.78, 5) is 54.5. The Hall–Kier alpha value is -3.75. The Balaban J connectivity index is 1.69. The van der Waals surface area contributed by atoms with Gasteiger partial charge in [0.2, 0.25) is 5.91 Å². The van der Waals surface area contributed by atoms with E-state index in [-0.39, 0.29) is 12.1 Å². The van der Waals surface area contributed by atoms with E-state index in [2.05, 4.69) is 10.2 Å². The number of carbonyl (C=O) groups is 3. The molecule has 4 amide bonds. The first kappa shape index (κ1) is 21.1. The Labute approximate surface area is 190 Å². The number of hydrogen-bond acceptors (Lipinski definition) is 6. The second-order valence-corrected chi connectivity index (χ2v) is 9.02. The molecular formula is C24H24N4O5. The van der Waals surface area contributed by atoms with Gasteiger partial charge in [-0.2, -0.15) is 0 Å². The molecule has 0 radical (unpaired) electrons. The standard InChI is InChI=1S/C24H24N4O5/c1-15-6-5-7-17(12-15)27-22(30)24(21(29)25-23(27)31)14-16-13-18(28(32)33)9-10-19(16)26-11-4-2-3-8-20(24)26/h5-7,9-10,12-13,20H,2-4,8,11,14H2,1H3,(H,25,29,31)/t20-,24+/m0/s1. The van der Waals surface area contributed by atoms with Crippen LogP contribution < -0.4 is 15.1 Å². The van der Waals surface area contributed by atoms with E-state index in [1.807, 2.05) is 13.0 Å². The molecule has 2 aromatic rings. The van der Waals surface area contributed by atoms with Crippen molar-refractivity contribution in [3.05, 3.63) is 63.7 Å². The van der Waals surface area contributed by atoms with Crippen LogP contribution in [0.15, 0.2) is 42.5 Å². The summed E-state index contributed by atoms with van der Waals surface area (Å²) in [5, 5.41) is 13.9. The minimum Gasteiger partial charge on any atom is -0.367 e.